The Morgan fingerprint density at radius 3 is 2.15 bits per heavy atom. The lowest BCUT2D eigenvalue weighted by molar-refractivity contribution is -0.136. The minimum absolute atomic E-state index is 0.175. The van der Waals surface area contributed by atoms with Crippen LogP contribution < -0.4 is 9.47 Å². The number of ether oxygens (including phenoxy) is 2. The Kier molecular flexibility index (Phi) is 11.9. The molecule has 0 bridgehead atoms. The molecule has 0 aromatic heterocycles. The number of unbranched alkanes of at least 4 members (excludes halogenated alkanes) is 3. The molecule has 2 atom stereocenters. The smallest absolute Gasteiger partial charge is 0.334 e. The highest BCUT2D eigenvalue weighted by atomic mass is 32.2. The predicted octanol–water partition coefficient (Wildman–Crippen LogP) is 6.13. The molecule has 2 unspecified atom stereocenters. The molecule has 9 heteroatoms. The van der Waals surface area contributed by atoms with Crippen molar-refractivity contribution in [2.24, 2.45) is 0 Å². The molecular formula is C32H46N2O6S. The Morgan fingerprint density at radius 1 is 1.00 bits per heavy atom. The number of carbonyl (C=O) groups is 2. The van der Waals surface area contributed by atoms with Crippen molar-refractivity contribution in [2.45, 2.75) is 91.3 Å². The van der Waals surface area contributed by atoms with Gasteiger partial charge in [-0.15, -0.1) is 0 Å². The third-order valence-electron chi connectivity index (χ3n) is 7.65. The van der Waals surface area contributed by atoms with Crippen molar-refractivity contribution in [1.82, 2.24) is 9.21 Å². The molecule has 0 saturated carbocycles. The molecule has 2 aromatic rings. The van der Waals surface area contributed by atoms with E-state index in [1.165, 1.54) is 7.05 Å². The Balaban J connectivity index is 2.26. The second kappa shape index (κ2) is 14.9. The van der Waals surface area contributed by atoms with E-state index in [-0.39, 0.29) is 23.3 Å². The summed E-state index contributed by atoms with van der Waals surface area (Å²) < 4.78 is 38.6. The van der Waals surface area contributed by atoms with Gasteiger partial charge in [-0.25, -0.2) is 13.2 Å². The Morgan fingerprint density at radius 2 is 1.61 bits per heavy atom. The zero-order chi connectivity index (χ0) is 30.2. The van der Waals surface area contributed by atoms with Gasteiger partial charge < -0.3 is 9.47 Å². The van der Waals surface area contributed by atoms with E-state index in [1.807, 2.05) is 6.07 Å². The normalized spacial score (nSPS) is 15.7. The Hall–Kier alpha value is -2.75. The zero-order valence-corrected chi connectivity index (χ0v) is 26.3. The summed E-state index contributed by atoms with van der Waals surface area (Å²) in [6.07, 6.45) is 8.00. The second-order valence-corrected chi connectivity index (χ2v) is 12.8. The van der Waals surface area contributed by atoms with Crippen LogP contribution in [0.3, 0.4) is 0 Å². The summed E-state index contributed by atoms with van der Waals surface area (Å²) in [4.78, 5) is 29.8. The van der Waals surface area contributed by atoms with Gasteiger partial charge in [-0.1, -0.05) is 77.3 Å². The fourth-order valence-electron chi connectivity index (χ4n) is 5.24. The summed E-state index contributed by atoms with van der Waals surface area (Å²) >= 11 is 0. The van der Waals surface area contributed by atoms with Gasteiger partial charge in [-0.2, -0.15) is 4.31 Å². The maximum Gasteiger partial charge on any atom is 0.334 e. The molecule has 1 aliphatic heterocycles. The average Bonchev–Trinajstić information content (AvgIpc) is 3.28. The van der Waals surface area contributed by atoms with Crippen molar-refractivity contribution in [3.05, 3.63) is 58.7 Å². The molecule has 0 aliphatic carbocycles. The Labute approximate surface area is 246 Å². The molecular weight excluding hydrogens is 540 g/mol. The fraction of sp³-hybridized carbons (Fsp3) is 0.562. The van der Waals surface area contributed by atoms with Crippen LogP contribution in [0.2, 0.25) is 0 Å². The number of likely N-dealkylation sites (N-methyl/N-ethyl adjacent to an activating group) is 1. The lowest BCUT2D eigenvalue weighted by Gasteiger charge is -2.32. The molecule has 41 heavy (non-hydrogen) atoms. The topological polar surface area (TPSA) is 93.2 Å². The first kappa shape index (κ1) is 32.8. The molecule has 8 nitrogen and oxygen atoms in total. The summed E-state index contributed by atoms with van der Waals surface area (Å²) in [6.45, 7) is 10.3. The van der Waals surface area contributed by atoms with E-state index >= 15 is 0 Å². The first-order valence-corrected chi connectivity index (χ1v) is 16.8. The number of sulfonamides is 1. The van der Waals surface area contributed by atoms with Gasteiger partial charge in [0.2, 0.25) is 10.0 Å². The summed E-state index contributed by atoms with van der Waals surface area (Å²) in [5.74, 6) is -0.330. The monoisotopic (exact) mass is 586 g/mol. The van der Waals surface area contributed by atoms with Crippen LogP contribution in [0.15, 0.2) is 36.4 Å². The third kappa shape index (κ3) is 7.76. The molecule has 3 rings (SSSR count). The number of nitrogens with zero attached hydrogens (tertiary/aromatic N) is 2. The average molecular weight is 587 g/mol. The number of esters is 1. The SMILES string of the molecule is CCCCc1c(OC(CC)N(CCCC)CCCC)cc2c(c1C(=O)c1ccccc1)C(N(C)S(C)(=O)=O)C(=O)O2. The highest BCUT2D eigenvalue weighted by Gasteiger charge is 2.44. The molecule has 1 aliphatic rings. The van der Waals surface area contributed by atoms with Crippen molar-refractivity contribution in [1.29, 1.82) is 0 Å². The first-order chi connectivity index (χ1) is 19.6. The second-order valence-electron chi connectivity index (χ2n) is 10.8. The van der Waals surface area contributed by atoms with Crippen LogP contribution in [0.1, 0.15) is 106 Å². The molecule has 0 N–H and O–H groups in total. The van der Waals surface area contributed by atoms with Gasteiger partial charge in [-0.05, 0) is 32.1 Å². The van der Waals surface area contributed by atoms with Crippen LogP contribution in [0.5, 0.6) is 11.5 Å². The van der Waals surface area contributed by atoms with E-state index in [0.29, 0.717) is 28.9 Å². The number of carbonyl (C=O) groups excluding carboxylic acids is 2. The third-order valence-corrected chi connectivity index (χ3v) is 8.91. The predicted molar refractivity (Wildman–Crippen MR) is 162 cm³/mol. The summed E-state index contributed by atoms with van der Waals surface area (Å²) in [5, 5.41) is 0. The van der Waals surface area contributed by atoms with E-state index in [2.05, 4.69) is 32.6 Å². The number of hydrogen-bond acceptors (Lipinski definition) is 7. The number of hydrogen-bond donors (Lipinski definition) is 0. The van der Waals surface area contributed by atoms with Crippen LogP contribution in [-0.4, -0.2) is 62.0 Å². The highest BCUT2D eigenvalue weighted by molar-refractivity contribution is 7.88. The molecule has 0 saturated heterocycles. The maximum absolute atomic E-state index is 14.2. The van der Waals surface area contributed by atoms with Crippen molar-refractivity contribution in [3.63, 3.8) is 0 Å². The molecule has 226 valence electrons. The first-order valence-electron chi connectivity index (χ1n) is 14.9. The van der Waals surface area contributed by atoms with Crippen molar-refractivity contribution >= 4 is 21.8 Å². The van der Waals surface area contributed by atoms with Gasteiger partial charge in [-0.3, -0.25) is 9.69 Å². The van der Waals surface area contributed by atoms with Crippen molar-refractivity contribution < 1.29 is 27.5 Å². The lowest BCUT2D eigenvalue weighted by Crippen LogP contribution is -2.40. The maximum atomic E-state index is 14.2. The van der Waals surface area contributed by atoms with E-state index in [1.54, 1.807) is 30.3 Å². The molecule has 0 amide bonds. The van der Waals surface area contributed by atoms with Crippen molar-refractivity contribution in [2.75, 3.05) is 26.4 Å². The van der Waals surface area contributed by atoms with Gasteiger partial charge in [0, 0.05) is 48.5 Å². The van der Waals surface area contributed by atoms with Crippen LogP contribution in [0.4, 0.5) is 0 Å². The molecule has 0 radical (unpaired) electrons. The van der Waals surface area contributed by atoms with E-state index < -0.39 is 22.0 Å². The van der Waals surface area contributed by atoms with E-state index in [9.17, 15) is 18.0 Å². The van der Waals surface area contributed by atoms with Crippen LogP contribution in [0.25, 0.3) is 0 Å². The lowest BCUT2D eigenvalue weighted by atomic mass is 9.87. The summed E-state index contributed by atoms with van der Waals surface area (Å²) in [7, 11) is -2.43. The zero-order valence-electron chi connectivity index (χ0n) is 25.4. The summed E-state index contributed by atoms with van der Waals surface area (Å²) in [6, 6.07) is 9.29. The van der Waals surface area contributed by atoms with E-state index in [4.69, 9.17) is 9.47 Å². The molecule has 1 heterocycles. The van der Waals surface area contributed by atoms with Crippen LogP contribution >= 0.6 is 0 Å². The quantitative estimate of drug-likeness (QED) is 0.0953. The standard InChI is InChI=1S/C32H46N2O6S/c1-7-11-19-24-25(39-27(10-4)34(20-12-8-2)21-13-9-3)22-26-29(28(24)31(35)23-17-15-14-16-18-23)30(32(36)40-26)33(5)41(6,37)38/h14-18,22,27,30H,7-13,19-21H2,1-6H3. The molecule has 2 aromatic carbocycles. The van der Waals surface area contributed by atoms with Crippen LogP contribution in [0, 0.1) is 0 Å². The molecule has 0 fully saturated rings. The van der Waals surface area contributed by atoms with Gasteiger partial charge in [0.15, 0.2) is 18.1 Å². The van der Waals surface area contributed by atoms with Gasteiger partial charge >= 0.3 is 5.97 Å². The minimum Gasteiger partial charge on any atom is -0.475 e. The minimum atomic E-state index is -3.78. The van der Waals surface area contributed by atoms with E-state index in [0.717, 1.165) is 68.6 Å². The van der Waals surface area contributed by atoms with Crippen molar-refractivity contribution in [3.8, 4) is 11.5 Å². The van der Waals surface area contributed by atoms with Gasteiger partial charge in [0.25, 0.3) is 0 Å². The number of benzene rings is 2. The number of ketones is 1. The largest absolute Gasteiger partial charge is 0.475 e. The Bertz CT molecular complexity index is 1290. The number of fused-ring (bicyclic) bond motifs is 1. The number of rotatable bonds is 17. The molecule has 0 spiro atoms. The van der Waals surface area contributed by atoms with Gasteiger partial charge in [0.1, 0.15) is 11.5 Å². The summed E-state index contributed by atoms with van der Waals surface area (Å²) in [5.41, 5.74) is 1.72. The van der Waals surface area contributed by atoms with Gasteiger partial charge in [0.05, 0.1) is 6.26 Å². The highest BCUT2D eigenvalue weighted by Crippen LogP contribution is 2.46. The fourth-order valence-corrected chi connectivity index (χ4v) is 5.81. The van der Waals surface area contributed by atoms with Crippen LogP contribution in [-0.2, 0) is 21.2 Å².